The molecule has 1 atom stereocenters. The predicted molar refractivity (Wildman–Crippen MR) is 98.7 cm³/mol. The van der Waals surface area contributed by atoms with Crippen LogP contribution >= 0.6 is 0 Å². The van der Waals surface area contributed by atoms with E-state index in [9.17, 15) is 4.79 Å². The summed E-state index contributed by atoms with van der Waals surface area (Å²) in [4.78, 5) is 16.0. The van der Waals surface area contributed by atoms with Gasteiger partial charge in [-0.05, 0) is 47.0 Å². The molecule has 3 aromatic rings. The largest absolute Gasteiger partial charge is 0.496 e. The van der Waals surface area contributed by atoms with Gasteiger partial charge < -0.3 is 10.5 Å². The number of carbonyl (C=O) groups is 1. The fourth-order valence-electron chi connectivity index (χ4n) is 3.06. The van der Waals surface area contributed by atoms with Crippen molar-refractivity contribution in [2.75, 3.05) is 7.11 Å². The summed E-state index contributed by atoms with van der Waals surface area (Å²) in [6, 6.07) is 17.4. The van der Waals surface area contributed by atoms with Crippen LogP contribution in [0.1, 0.15) is 34.3 Å². The molecule has 0 saturated heterocycles. The van der Waals surface area contributed by atoms with Gasteiger partial charge in [-0.1, -0.05) is 31.2 Å². The average molecular weight is 332 g/mol. The number of methoxy groups -OCH3 is 1. The van der Waals surface area contributed by atoms with Gasteiger partial charge in [-0.15, -0.1) is 0 Å². The van der Waals surface area contributed by atoms with Crippen LogP contribution in [-0.2, 0) is 0 Å². The molecule has 1 amide bonds. The minimum atomic E-state index is -0.432. The molecule has 4 heteroatoms. The van der Waals surface area contributed by atoms with Gasteiger partial charge in [-0.25, -0.2) is 0 Å². The van der Waals surface area contributed by atoms with Crippen LogP contribution in [0.2, 0.25) is 0 Å². The summed E-state index contributed by atoms with van der Waals surface area (Å²) in [6.07, 6.45) is 3.50. The molecule has 0 unspecified atom stereocenters. The van der Waals surface area contributed by atoms with Crippen LogP contribution < -0.4 is 10.5 Å². The van der Waals surface area contributed by atoms with E-state index >= 15 is 0 Å². The highest BCUT2D eigenvalue weighted by Gasteiger charge is 2.19. The number of pyridine rings is 1. The molecule has 0 aliphatic carbocycles. The lowest BCUT2D eigenvalue weighted by Crippen LogP contribution is -2.15. The number of benzene rings is 2. The number of rotatable bonds is 5. The second-order valence-corrected chi connectivity index (χ2v) is 5.87. The Morgan fingerprint density at radius 3 is 2.40 bits per heavy atom. The highest BCUT2D eigenvalue weighted by molar-refractivity contribution is 5.95. The van der Waals surface area contributed by atoms with Crippen LogP contribution in [0.5, 0.6) is 5.75 Å². The molecule has 126 valence electrons. The minimum absolute atomic E-state index is 0.0413. The Kier molecular flexibility index (Phi) is 4.80. The third-order valence-electron chi connectivity index (χ3n) is 4.40. The first-order valence-corrected chi connectivity index (χ1v) is 8.09. The second-order valence-electron chi connectivity index (χ2n) is 5.87. The first kappa shape index (κ1) is 16.7. The van der Waals surface area contributed by atoms with Crippen LogP contribution in [-0.4, -0.2) is 18.0 Å². The fourth-order valence-corrected chi connectivity index (χ4v) is 3.06. The van der Waals surface area contributed by atoms with Crippen LogP contribution in [0.3, 0.4) is 0 Å². The molecule has 0 radical (unpaired) electrons. The van der Waals surface area contributed by atoms with Crippen molar-refractivity contribution in [3.8, 4) is 16.9 Å². The fraction of sp³-hybridized carbons (Fsp3) is 0.143. The van der Waals surface area contributed by atoms with Crippen LogP contribution in [0.4, 0.5) is 0 Å². The molecular weight excluding hydrogens is 312 g/mol. The number of nitrogens with two attached hydrogens (primary N) is 1. The Morgan fingerprint density at radius 2 is 1.72 bits per heavy atom. The van der Waals surface area contributed by atoms with Crippen molar-refractivity contribution in [1.29, 1.82) is 0 Å². The summed E-state index contributed by atoms with van der Waals surface area (Å²) < 4.78 is 5.48. The van der Waals surface area contributed by atoms with Gasteiger partial charge in [0, 0.05) is 29.4 Å². The first-order chi connectivity index (χ1) is 12.1. The van der Waals surface area contributed by atoms with E-state index in [2.05, 4.69) is 11.9 Å². The maximum Gasteiger partial charge on any atom is 0.248 e. The molecule has 0 aliphatic heterocycles. The zero-order chi connectivity index (χ0) is 17.8. The quantitative estimate of drug-likeness (QED) is 0.768. The number of hydrogen-bond acceptors (Lipinski definition) is 3. The van der Waals surface area contributed by atoms with Crippen molar-refractivity contribution in [3.05, 3.63) is 83.7 Å². The monoisotopic (exact) mass is 332 g/mol. The Hall–Kier alpha value is -3.14. The van der Waals surface area contributed by atoms with Crippen LogP contribution in [0.25, 0.3) is 11.1 Å². The van der Waals surface area contributed by atoms with Crippen molar-refractivity contribution in [2.45, 2.75) is 12.8 Å². The zero-order valence-electron chi connectivity index (χ0n) is 14.3. The summed E-state index contributed by atoms with van der Waals surface area (Å²) in [6.45, 7) is 2.05. The standard InChI is InChI=1S/C21H20N2O2/c1-14(17-5-3-4-6-20(17)25-2)19-13-16(7-8-18(19)21(22)24)15-9-11-23-12-10-15/h3-14H,1-2H3,(H2,22,24)/t14-/m0/s1. The SMILES string of the molecule is COc1ccccc1[C@H](C)c1cc(-c2ccncc2)ccc1C(N)=O. The Bertz CT molecular complexity index is 891. The number of ether oxygens (including phenoxy) is 1. The third kappa shape index (κ3) is 3.38. The first-order valence-electron chi connectivity index (χ1n) is 8.09. The molecule has 0 saturated carbocycles. The smallest absolute Gasteiger partial charge is 0.248 e. The van der Waals surface area contributed by atoms with E-state index in [0.29, 0.717) is 5.56 Å². The summed E-state index contributed by atoms with van der Waals surface area (Å²) in [5.41, 5.74) is 10.1. The Morgan fingerprint density at radius 1 is 1.00 bits per heavy atom. The molecular formula is C21H20N2O2. The Balaban J connectivity index is 2.14. The lowest BCUT2D eigenvalue weighted by atomic mass is 9.87. The van der Waals surface area contributed by atoms with Gasteiger partial charge in [0.05, 0.1) is 7.11 Å². The highest BCUT2D eigenvalue weighted by atomic mass is 16.5. The molecule has 0 aliphatic rings. The molecule has 2 aromatic carbocycles. The molecule has 25 heavy (non-hydrogen) atoms. The van der Waals surface area contributed by atoms with Gasteiger partial charge in [0.2, 0.25) is 5.91 Å². The predicted octanol–water partition coefficient (Wildman–Crippen LogP) is 4.01. The topological polar surface area (TPSA) is 65.2 Å². The van der Waals surface area contributed by atoms with E-state index in [-0.39, 0.29) is 5.92 Å². The number of amides is 1. The summed E-state index contributed by atoms with van der Waals surface area (Å²) >= 11 is 0. The van der Waals surface area contributed by atoms with Crippen molar-refractivity contribution in [2.24, 2.45) is 5.73 Å². The normalized spacial score (nSPS) is 11.8. The van der Waals surface area contributed by atoms with Crippen molar-refractivity contribution in [1.82, 2.24) is 4.98 Å². The number of hydrogen-bond donors (Lipinski definition) is 1. The lowest BCUT2D eigenvalue weighted by molar-refractivity contribution is 0.0999. The third-order valence-corrected chi connectivity index (χ3v) is 4.40. The van der Waals surface area contributed by atoms with E-state index < -0.39 is 5.91 Å². The number of aromatic nitrogens is 1. The molecule has 0 fully saturated rings. The van der Waals surface area contributed by atoms with E-state index in [4.69, 9.17) is 10.5 Å². The maximum absolute atomic E-state index is 11.9. The van der Waals surface area contributed by atoms with E-state index in [1.54, 1.807) is 25.6 Å². The van der Waals surface area contributed by atoms with Gasteiger partial charge >= 0.3 is 0 Å². The number of para-hydroxylation sites is 1. The van der Waals surface area contributed by atoms with Gasteiger partial charge in [-0.2, -0.15) is 0 Å². The number of nitrogens with zero attached hydrogens (tertiary/aromatic N) is 1. The zero-order valence-corrected chi connectivity index (χ0v) is 14.3. The summed E-state index contributed by atoms with van der Waals surface area (Å²) in [5, 5.41) is 0. The maximum atomic E-state index is 11.9. The van der Waals surface area contributed by atoms with Crippen LogP contribution in [0, 0.1) is 0 Å². The summed E-state index contributed by atoms with van der Waals surface area (Å²) in [7, 11) is 1.65. The van der Waals surface area contributed by atoms with E-state index in [0.717, 1.165) is 28.0 Å². The number of primary amides is 1. The molecule has 3 rings (SSSR count). The molecule has 1 aromatic heterocycles. The average Bonchev–Trinajstić information content (AvgIpc) is 2.67. The van der Waals surface area contributed by atoms with Gasteiger partial charge in [-0.3, -0.25) is 9.78 Å². The summed E-state index contributed by atoms with van der Waals surface area (Å²) in [5.74, 6) is 0.318. The van der Waals surface area contributed by atoms with Gasteiger partial charge in [0.1, 0.15) is 5.75 Å². The highest BCUT2D eigenvalue weighted by Crippen LogP contribution is 2.35. The lowest BCUT2D eigenvalue weighted by Gasteiger charge is -2.19. The molecule has 2 N–H and O–H groups in total. The van der Waals surface area contributed by atoms with Gasteiger partial charge in [0.25, 0.3) is 0 Å². The second kappa shape index (κ2) is 7.18. The van der Waals surface area contributed by atoms with Crippen molar-refractivity contribution >= 4 is 5.91 Å². The number of carbonyl (C=O) groups excluding carboxylic acids is 1. The van der Waals surface area contributed by atoms with Crippen molar-refractivity contribution < 1.29 is 9.53 Å². The molecule has 0 spiro atoms. The molecule has 1 heterocycles. The Labute approximate surface area is 147 Å². The van der Waals surface area contributed by atoms with Gasteiger partial charge in [0.15, 0.2) is 0 Å². The van der Waals surface area contributed by atoms with E-state index in [1.807, 2.05) is 48.5 Å². The minimum Gasteiger partial charge on any atom is -0.496 e. The van der Waals surface area contributed by atoms with E-state index in [1.165, 1.54) is 0 Å². The van der Waals surface area contributed by atoms with Crippen molar-refractivity contribution in [3.63, 3.8) is 0 Å². The molecule has 4 nitrogen and oxygen atoms in total. The van der Waals surface area contributed by atoms with Crippen LogP contribution in [0.15, 0.2) is 67.0 Å². The molecule has 0 bridgehead atoms.